The number of benzene rings is 1. The van der Waals surface area contributed by atoms with E-state index >= 15 is 0 Å². The number of alkyl halides is 1. The summed E-state index contributed by atoms with van der Waals surface area (Å²) in [7, 11) is -3.27. The third-order valence-corrected chi connectivity index (χ3v) is 5.29. The molecule has 0 radical (unpaired) electrons. The molecule has 0 fully saturated rings. The van der Waals surface area contributed by atoms with Crippen molar-refractivity contribution in [1.82, 2.24) is 4.72 Å². The van der Waals surface area contributed by atoms with Gasteiger partial charge in [-0.25, -0.2) is 13.1 Å². The number of nitrogens with one attached hydrogen (secondary N) is 1. The lowest BCUT2D eigenvalue weighted by Gasteiger charge is -2.19. The predicted molar refractivity (Wildman–Crippen MR) is 82.8 cm³/mol. The second-order valence-electron chi connectivity index (χ2n) is 5.16. The Kier molecular flexibility index (Phi) is 5.72. The van der Waals surface area contributed by atoms with Gasteiger partial charge in [0.2, 0.25) is 10.0 Å². The van der Waals surface area contributed by atoms with Crippen LogP contribution in [0.5, 0.6) is 11.5 Å². The molecule has 0 aliphatic carbocycles. The van der Waals surface area contributed by atoms with Crippen LogP contribution in [0.1, 0.15) is 12.5 Å². The predicted octanol–water partition coefficient (Wildman–Crippen LogP) is 1.79. The first-order chi connectivity index (χ1) is 10.00. The van der Waals surface area contributed by atoms with Crippen molar-refractivity contribution in [3.8, 4) is 11.5 Å². The number of hydrogen-bond acceptors (Lipinski definition) is 4. The third kappa shape index (κ3) is 5.05. The van der Waals surface area contributed by atoms with E-state index in [-0.39, 0.29) is 11.7 Å². The maximum atomic E-state index is 11.8. The SMILES string of the molecule is CC(CCl)CS(=O)(=O)NCCc1ccc2c(c1)OCCO2. The van der Waals surface area contributed by atoms with E-state index in [0.29, 0.717) is 32.1 Å². The van der Waals surface area contributed by atoms with Gasteiger partial charge in [-0.3, -0.25) is 0 Å². The number of halogens is 1. The minimum atomic E-state index is -3.27. The summed E-state index contributed by atoms with van der Waals surface area (Å²) >= 11 is 5.64. The quantitative estimate of drug-likeness (QED) is 0.773. The van der Waals surface area contributed by atoms with Crippen LogP contribution in [0.25, 0.3) is 0 Å². The molecule has 0 aromatic heterocycles. The highest BCUT2D eigenvalue weighted by atomic mass is 35.5. The summed E-state index contributed by atoms with van der Waals surface area (Å²) in [5, 5.41) is 0. The van der Waals surface area contributed by atoms with Gasteiger partial charge in [-0.05, 0) is 30.0 Å². The van der Waals surface area contributed by atoms with Crippen molar-refractivity contribution in [3.05, 3.63) is 23.8 Å². The zero-order valence-electron chi connectivity index (χ0n) is 12.0. The van der Waals surface area contributed by atoms with Crippen molar-refractivity contribution in [2.24, 2.45) is 5.92 Å². The first-order valence-corrected chi connectivity index (χ1v) is 9.10. The van der Waals surface area contributed by atoms with Crippen LogP contribution < -0.4 is 14.2 Å². The Morgan fingerprint density at radius 1 is 1.29 bits per heavy atom. The molecule has 0 amide bonds. The molecule has 2 rings (SSSR count). The molecular weight excluding hydrogens is 314 g/mol. The molecule has 5 nitrogen and oxygen atoms in total. The summed E-state index contributed by atoms with van der Waals surface area (Å²) in [6.45, 7) is 3.27. The molecule has 118 valence electrons. The fourth-order valence-electron chi connectivity index (χ4n) is 2.07. The smallest absolute Gasteiger partial charge is 0.211 e. The second-order valence-corrected chi connectivity index (χ2v) is 7.32. The molecule has 0 saturated carbocycles. The highest BCUT2D eigenvalue weighted by Crippen LogP contribution is 2.30. The van der Waals surface area contributed by atoms with E-state index in [2.05, 4.69) is 4.72 Å². The number of rotatable bonds is 7. The van der Waals surface area contributed by atoms with Crippen LogP contribution in [0.15, 0.2) is 18.2 Å². The maximum Gasteiger partial charge on any atom is 0.211 e. The molecule has 1 atom stereocenters. The average Bonchev–Trinajstić information content (AvgIpc) is 2.46. The first kappa shape index (κ1) is 16.4. The molecular formula is C14H20ClNO4S. The van der Waals surface area contributed by atoms with Crippen LogP contribution in [0.4, 0.5) is 0 Å². The molecule has 1 aliphatic rings. The van der Waals surface area contributed by atoms with Gasteiger partial charge < -0.3 is 9.47 Å². The van der Waals surface area contributed by atoms with E-state index in [4.69, 9.17) is 21.1 Å². The van der Waals surface area contributed by atoms with Gasteiger partial charge in [0.05, 0.1) is 5.75 Å². The number of sulfonamides is 1. The van der Waals surface area contributed by atoms with E-state index in [1.807, 2.05) is 25.1 Å². The minimum Gasteiger partial charge on any atom is -0.486 e. The summed E-state index contributed by atoms with van der Waals surface area (Å²) < 4.78 is 37.2. The van der Waals surface area contributed by atoms with Gasteiger partial charge in [0, 0.05) is 12.4 Å². The van der Waals surface area contributed by atoms with Crippen LogP contribution in [-0.2, 0) is 16.4 Å². The molecule has 1 aliphatic heterocycles. The monoisotopic (exact) mass is 333 g/mol. The van der Waals surface area contributed by atoms with E-state index in [0.717, 1.165) is 17.1 Å². The molecule has 1 aromatic carbocycles. The molecule has 1 heterocycles. The summed E-state index contributed by atoms with van der Waals surface area (Å²) in [6.07, 6.45) is 0.602. The highest BCUT2D eigenvalue weighted by Gasteiger charge is 2.15. The first-order valence-electron chi connectivity index (χ1n) is 6.92. The van der Waals surface area contributed by atoms with Gasteiger partial charge in [0.15, 0.2) is 11.5 Å². The van der Waals surface area contributed by atoms with E-state index in [9.17, 15) is 8.42 Å². The van der Waals surface area contributed by atoms with Gasteiger partial charge in [-0.1, -0.05) is 13.0 Å². The van der Waals surface area contributed by atoms with Crippen molar-refractivity contribution in [2.45, 2.75) is 13.3 Å². The summed E-state index contributed by atoms with van der Waals surface area (Å²) in [4.78, 5) is 0. The Hall–Kier alpha value is -0.980. The van der Waals surface area contributed by atoms with Crippen molar-refractivity contribution in [3.63, 3.8) is 0 Å². The Bertz CT molecular complexity index is 576. The summed E-state index contributed by atoms with van der Waals surface area (Å²) in [5.74, 6) is 1.79. The fraction of sp³-hybridized carbons (Fsp3) is 0.571. The van der Waals surface area contributed by atoms with Crippen LogP contribution in [0.3, 0.4) is 0 Å². The highest BCUT2D eigenvalue weighted by molar-refractivity contribution is 7.89. The zero-order valence-corrected chi connectivity index (χ0v) is 13.5. The molecule has 0 spiro atoms. The van der Waals surface area contributed by atoms with Crippen LogP contribution in [-0.4, -0.2) is 39.8 Å². The molecule has 7 heteroatoms. The van der Waals surface area contributed by atoms with Gasteiger partial charge in [0.1, 0.15) is 13.2 Å². The second kappa shape index (κ2) is 7.33. The van der Waals surface area contributed by atoms with Crippen molar-refractivity contribution in [2.75, 3.05) is 31.4 Å². The fourth-order valence-corrected chi connectivity index (χ4v) is 3.71. The molecule has 1 unspecified atom stereocenters. The van der Waals surface area contributed by atoms with Gasteiger partial charge in [-0.2, -0.15) is 0 Å². The van der Waals surface area contributed by atoms with Crippen molar-refractivity contribution >= 4 is 21.6 Å². The Morgan fingerprint density at radius 2 is 2.00 bits per heavy atom. The Labute approximate surface area is 130 Å². The lowest BCUT2D eigenvalue weighted by molar-refractivity contribution is 0.171. The van der Waals surface area contributed by atoms with Gasteiger partial charge >= 0.3 is 0 Å². The van der Waals surface area contributed by atoms with Crippen LogP contribution in [0.2, 0.25) is 0 Å². The molecule has 21 heavy (non-hydrogen) atoms. The largest absolute Gasteiger partial charge is 0.486 e. The average molecular weight is 334 g/mol. The van der Waals surface area contributed by atoms with E-state index < -0.39 is 10.0 Å². The molecule has 1 aromatic rings. The number of fused-ring (bicyclic) bond motifs is 1. The zero-order chi connectivity index (χ0) is 15.3. The molecule has 0 saturated heterocycles. The normalized spacial score (nSPS) is 15.7. The molecule has 0 bridgehead atoms. The Balaban J connectivity index is 1.86. The minimum absolute atomic E-state index is 0.0532. The van der Waals surface area contributed by atoms with Gasteiger partial charge in [-0.15, -0.1) is 11.6 Å². The summed E-state index contributed by atoms with van der Waals surface area (Å²) in [6, 6.07) is 5.67. The molecule has 1 N–H and O–H groups in total. The van der Waals surface area contributed by atoms with Crippen LogP contribution >= 0.6 is 11.6 Å². The lowest BCUT2D eigenvalue weighted by Crippen LogP contribution is -2.31. The topological polar surface area (TPSA) is 64.6 Å². The number of hydrogen-bond donors (Lipinski definition) is 1. The van der Waals surface area contributed by atoms with Crippen molar-refractivity contribution in [1.29, 1.82) is 0 Å². The van der Waals surface area contributed by atoms with E-state index in [1.165, 1.54) is 0 Å². The number of ether oxygens (including phenoxy) is 2. The van der Waals surface area contributed by atoms with Crippen molar-refractivity contribution < 1.29 is 17.9 Å². The van der Waals surface area contributed by atoms with Gasteiger partial charge in [0.25, 0.3) is 0 Å². The lowest BCUT2D eigenvalue weighted by atomic mass is 10.1. The Morgan fingerprint density at radius 3 is 2.71 bits per heavy atom. The van der Waals surface area contributed by atoms with E-state index in [1.54, 1.807) is 0 Å². The summed E-state index contributed by atoms with van der Waals surface area (Å²) in [5.41, 5.74) is 1.01. The van der Waals surface area contributed by atoms with Crippen LogP contribution in [0, 0.1) is 5.92 Å². The maximum absolute atomic E-state index is 11.8. The third-order valence-electron chi connectivity index (χ3n) is 3.11. The standard InChI is InChI=1S/C14H20ClNO4S/c1-11(9-15)10-21(17,18)16-5-4-12-2-3-13-14(8-12)20-7-6-19-13/h2-3,8,11,16H,4-7,9-10H2,1H3.